The van der Waals surface area contributed by atoms with Crippen LogP contribution in [0.2, 0.25) is 0 Å². The molecule has 40 heteroatoms. The van der Waals surface area contributed by atoms with E-state index in [0.29, 0.717) is 49.6 Å². The first-order valence-corrected chi connectivity index (χ1v) is 41.5. The van der Waals surface area contributed by atoms with Crippen molar-refractivity contribution < 1.29 is 179 Å². The van der Waals surface area contributed by atoms with Gasteiger partial charge in [0.2, 0.25) is 5.76 Å². The molecule has 0 amide bonds. The first kappa shape index (κ1) is 117. The van der Waals surface area contributed by atoms with E-state index >= 15 is 0 Å². The van der Waals surface area contributed by atoms with Crippen LogP contribution in [0.15, 0.2) is 214 Å². The number of phenols is 1. The molecule has 1 atom stereocenters. The number of aromatic carboxylic acids is 4. The van der Waals surface area contributed by atoms with Crippen molar-refractivity contribution in [2.45, 2.75) is 109 Å². The van der Waals surface area contributed by atoms with Gasteiger partial charge in [-0.15, -0.1) is 11.8 Å². The predicted octanol–water partition coefficient (Wildman–Crippen LogP) is 18.0. The van der Waals surface area contributed by atoms with Gasteiger partial charge in [-0.3, -0.25) is 43.2 Å². The van der Waals surface area contributed by atoms with E-state index in [2.05, 4.69) is 21.0 Å². The van der Waals surface area contributed by atoms with Crippen LogP contribution in [0.3, 0.4) is 0 Å². The zero-order valence-electron chi connectivity index (χ0n) is 73.2. The fourth-order valence-electron chi connectivity index (χ4n) is 10.8. The van der Waals surface area contributed by atoms with E-state index in [0.717, 1.165) is 117 Å². The van der Waals surface area contributed by atoms with Gasteiger partial charge in [-0.05, 0) is 191 Å². The van der Waals surface area contributed by atoms with Crippen molar-refractivity contribution >= 4 is 127 Å². The van der Waals surface area contributed by atoms with E-state index in [9.17, 15) is 79.5 Å². The first-order valence-electron chi connectivity index (χ1n) is 39.3. The molecule has 15 N–H and O–H groups in total. The molecule has 2 fully saturated rings. The quantitative estimate of drug-likeness (QED) is 0.0104. The molecular weight excluding hydrogens is 1810 g/mol. The standard InChI is InChI=1S/C12H10O2.C10H9NO2.C9H6O3.C8H5F3O2.C8H6F2O2.C8H8O4.C8H14O3.C8H8O2S.C6H6O2S.C6H12O2.C5H8O3.C4H8O3.C2H2O2/c13-12(14)8-9-5-6-10-3-1-2-4-11(10)7-9;12-10(13)5-7-6-11-9-4-2-1-3-8(7)9;10-9(11)8-5-6-3-1-2-4-7(6)12-8;9-8(10,11)6-3-1-5(2-4-6)7(12)13;9-6-1-5(3-8(11)12)2-7(10)4-6;1-12-7-3-2-5(8(10)11)4-6(7)9;2*1-11-7-4-2-6(3-5-7)8(9)10;7-6(8)3-5-1-2-9-4-5;1-6(2,3)4-5(7)8;6-5(7)4-1-2-8-3-4;1-7-3-2-4(5)6;1-2-4-3/h1-7H,8H2,(H,13,14);1-4,6,11H,5H2,(H,12,13);1-5H,(H,10,11);1-4H,(H,12,13);1-2,4H,3H2,(H,11,12);2-4,9H,1H3,(H,10,11);6-7H,2-5H2,1H3,(H,9,10);2-5H,1H3,(H,9,10);1-2,4H,3H2,(H,7,8);4H2,1-3H3,(H,7,8);4H,1-3H2,(H,6,7);2-3H2,1H3,(H,5,6);1,3H. The van der Waals surface area contributed by atoms with Gasteiger partial charge in [0.25, 0.3) is 0 Å². The zero-order valence-corrected chi connectivity index (χ0v) is 74.8. The number of phenolic OH excluding ortho intramolecular Hbond substituents is 1. The lowest BCUT2D eigenvalue weighted by molar-refractivity contribution is -0.171. The van der Waals surface area contributed by atoms with Crippen LogP contribution in [0.5, 0.6) is 11.5 Å². The minimum absolute atomic E-state index is 0.0174. The number of carbonyl (C=O) groups is 12. The Morgan fingerprint density at radius 3 is 1.45 bits per heavy atom. The second kappa shape index (κ2) is 63.3. The number of thiophene rings is 1. The number of rotatable bonds is 21. The summed E-state index contributed by atoms with van der Waals surface area (Å²) in [5, 5.41) is 125. The highest BCUT2D eigenvalue weighted by Crippen LogP contribution is 2.31. The molecule has 13 rings (SSSR count). The third-order valence-corrected chi connectivity index (χ3v) is 18.6. The Morgan fingerprint density at radius 1 is 0.530 bits per heavy atom. The van der Waals surface area contributed by atoms with Crippen molar-refractivity contribution in [3.05, 3.63) is 267 Å². The normalized spacial score (nSPS) is 12.8. The van der Waals surface area contributed by atoms with Crippen LogP contribution in [0.25, 0.3) is 32.6 Å². The molecule has 134 heavy (non-hydrogen) atoms. The van der Waals surface area contributed by atoms with Crippen LogP contribution >= 0.6 is 23.1 Å². The number of ether oxygens (including phenoxy) is 4. The molecule has 1 saturated heterocycles. The number of halogens is 5. The molecule has 1 saturated carbocycles. The number of methoxy groups -OCH3 is 3. The summed E-state index contributed by atoms with van der Waals surface area (Å²) in [5.74, 6) is -12.4. The Hall–Kier alpha value is -14.8. The van der Waals surface area contributed by atoms with Crippen molar-refractivity contribution in [1.29, 1.82) is 0 Å². The highest BCUT2D eigenvalue weighted by atomic mass is 32.2. The second-order valence-corrected chi connectivity index (χ2v) is 30.4. The van der Waals surface area contributed by atoms with E-state index in [-0.39, 0.29) is 89.7 Å². The number of thioether (sulfide) groups is 1. The molecule has 1 unspecified atom stereocenters. The molecular formula is C94H102F5NO32S2. The van der Waals surface area contributed by atoms with Crippen molar-refractivity contribution in [3.63, 3.8) is 0 Å². The van der Waals surface area contributed by atoms with Gasteiger partial charge >= 0.3 is 77.8 Å². The van der Waals surface area contributed by atoms with E-state index in [4.69, 9.17) is 90.3 Å². The number of terminal acetylenes is 1. The molecule has 0 bridgehead atoms. The number of H-pyrrole nitrogens is 1. The highest BCUT2D eigenvalue weighted by Gasteiger charge is 2.30. The Labute approximate surface area is 772 Å². The molecule has 722 valence electrons. The van der Waals surface area contributed by atoms with E-state index in [1.54, 1.807) is 61.5 Å². The maximum Gasteiger partial charge on any atom is 0.416 e. The number of aromatic nitrogens is 1. The summed E-state index contributed by atoms with van der Waals surface area (Å²) in [4.78, 5) is 130. The SMILES string of the molecule is C#COO.CC(C)(C)CC(=O)O.COC1CCC(C(=O)O)CC1.COCCC(=O)O.COc1ccc(C(=O)O)cc1O.CSc1ccc(C(=O)O)cc1.O=C(O)C1CCOC1.O=C(O)Cc1c[nH]c2ccccc12.O=C(O)Cc1cc(F)cc(F)c1.O=C(O)Cc1ccc2ccccc2c1.O=C(O)Cc1ccsc1.O=C(O)c1cc2ccccc2o1.O=C(O)c1ccc(C(F)(F)F)cc1. The molecule has 4 heterocycles. The average Bonchev–Trinajstić information content (AvgIpc) is 1.51. The maximum atomic E-state index is 12.4. The highest BCUT2D eigenvalue weighted by molar-refractivity contribution is 7.98. The number of fused-ring (bicyclic) bond motifs is 3. The Balaban J connectivity index is 0.000000731. The van der Waals surface area contributed by atoms with Gasteiger partial charge in [0.15, 0.2) is 17.6 Å². The van der Waals surface area contributed by atoms with Gasteiger partial charge in [-0.2, -0.15) is 29.8 Å². The minimum Gasteiger partial charge on any atom is -0.504 e. The molecule has 2 aliphatic rings. The van der Waals surface area contributed by atoms with Crippen LogP contribution in [-0.4, -0.2) is 202 Å². The van der Waals surface area contributed by atoms with Crippen LogP contribution in [0, 0.1) is 41.4 Å². The van der Waals surface area contributed by atoms with Gasteiger partial charge in [0.05, 0.1) is 99.0 Å². The summed E-state index contributed by atoms with van der Waals surface area (Å²) < 4.78 is 85.0. The van der Waals surface area contributed by atoms with E-state index in [1.807, 2.05) is 123 Å². The van der Waals surface area contributed by atoms with Crippen molar-refractivity contribution in [1.82, 2.24) is 4.98 Å². The smallest absolute Gasteiger partial charge is 0.416 e. The third kappa shape index (κ3) is 51.6. The number of hydrogen-bond donors (Lipinski definition) is 15. The number of carboxylic acids is 12. The Bertz CT molecular complexity index is 5480. The number of para-hydroxylation sites is 2. The molecule has 8 aromatic carbocycles. The summed E-state index contributed by atoms with van der Waals surface area (Å²) >= 11 is 3.11. The van der Waals surface area contributed by atoms with Crippen LogP contribution in [0.4, 0.5) is 22.0 Å². The summed E-state index contributed by atoms with van der Waals surface area (Å²) in [5.41, 5.74) is 3.56. The summed E-state index contributed by atoms with van der Waals surface area (Å²) in [6, 6.07) is 48.6. The zero-order chi connectivity index (χ0) is 101. The van der Waals surface area contributed by atoms with Gasteiger partial charge in [0.1, 0.15) is 17.2 Å². The van der Waals surface area contributed by atoms with Gasteiger partial charge in [-0.1, -0.05) is 106 Å². The summed E-state index contributed by atoms with van der Waals surface area (Å²) in [6.45, 7) is 7.02. The lowest BCUT2D eigenvalue weighted by Gasteiger charge is -2.24. The number of aromatic amines is 1. The summed E-state index contributed by atoms with van der Waals surface area (Å²) in [7, 11) is 4.56. The van der Waals surface area contributed by atoms with Gasteiger partial charge in [0, 0.05) is 54.3 Å². The maximum absolute atomic E-state index is 12.4. The van der Waals surface area contributed by atoms with Crippen molar-refractivity contribution in [2.24, 2.45) is 17.3 Å². The van der Waals surface area contributed by atoms with Crippen LogP contribution in [0.1, 0.15) is 135 Å². The largest absolute Gasteiger partial charge is 0.504 e. The number of aliphatic carboxylic acids is 8. The lowest BCUT2D eigenvalue weighted by atomic mass is 9.87. The number of furan rings is 1. The van der Waals surface area contributed by atoms with Gasteiger partial charge in [-0.25, -0.2) is 28.0 Å². The number of aromatic hydroxyl groups is 1. The number of alkyl halides is 3. The molecule has 1 aliphatic carbocycles. The molecule has 11 aromatic rings. The lowest BCUT2D eigenvalue weighted by Crippen LogP contribution is -2.25. The Kier molecular flexibility index (Phi) is 55.4. The third-order valence-electron chi connectivity index (χ3n) is 17.1. The predicted molar refractivity (Wildman–Crippen MR) is 482 cm³/mol. The topological polar surface area (TPSA) is 563 Å². The molecule has 0 spiro atoms. The van der Waals surface area contributed by atoms with Crippen molar-refractivity contribution in [2.75, 3.05) is 47.4 Å². The van der Waals surface area contributed by atoms with E-state index in [1.165, 1.54) is 49.9 Å². The molecule has 1 aliphatic heterocycles. The minimum atomic E-state index is -4.42. The fourth-order valence-corrected chi connectivity index (χ4v) is 11.9. The number of benzene rings is 8. The van der Waals surface area contributed by atoms with Crippen LogP contribution < -0.4 is 4.74 Å². The molecule has 0 radical (unpaired) electrons. The number of nitrogens with one attached hydrogen (secondary N) is 1. The van der Waals surface area contributed by atoms with Gasteiger partial charge < -0.3 is 94.7 Å². The van der Waals surface area contributed by atoms with E-state index < -0.39 is 95.0 Å². The summed E-state index contributed by atoms with van der Waals surface area (Å²) in [6.07, 6.45) is 9.66. The van der Waals surface area contributed by atoms with Crippen LogP contribution in [-0.2, 0) is 89.3 Å². The molecule has 33 nitrogen and oxygen atoms in total. The number of carboxylic acid groups (broad SMARTS) is 12. The monoisotopic (exact) mass is 1920 g/mol. The van der Waals surface area contributed by atoms with Crippen molar-refractivity contribution in [3.8, 4) is 24.0 Å². The Morgan fingerprint density at radius 2 is 1.04 bits per heavy atom. The second-order valence-electron chi connectivity index (χ2n) is 28.7. The molecule has 3 aromatic heterocycles. The first-order chi connectivity index (χ1) is 63.1. The average molecular weight is 1920 g/mol. The fraction of sp³-hybridized carbons (Fsp3) is 0.277. The number of hydrogen-bond acceptors (Lipinski definition) is 22.